The molecule has 2 N–H and O–H groups in total. The minimum absolute atomic E-state index is 0.0162. The molecule has 1 aliphatic carbocycles. The number of rotatable bonds is 7. The first-order valence-electron chi connectivity index (χ1n) is 9.93. The van der Waals surface area contributed by atoms with Gasteiger partial charge in [0.05, 0.1) is 29.2 Å². The Bertz CT molecular complexity index is 1160. The Labute approximate surface area is 178 Å². The van der Waals surface area contributed by atoms with E-state index in [9.17, 15) is 14.0 Å². The third-order valence-electron chi connectivity index (χ3n) is 5.03. The monoisotopic (exact) mass is 423 g/mol. The predicted molar refractivity (Wildman–Crippen MR) is 113 cm³/mol. The highest BCUT2D eigenvalue weighted by Gasteiger charge is 2.43. The number of carbonyl (C=O) groups is 2. The lowest BCUT2D eigenvalue weighted by Crippen LogP contribution is -2.16. The summed E-state index contributed by atoms with van der Waals surface area (Å²) in [7, 11) is 1.78. The number of amides is 1. The van der Waals surface area contributed by atoms with Crippen LogP contribution in [-0.4, -0.2) is 42.6 Å². The summed E-state index contributed by atoms with van der Waals surface area (Å²) in [6, 6.07) is 3.34. The van der Waals surface area contributed by atoms with E-state index in [0.717, 1.165) is 11.3 Å². The molecule has 1 aliphatic rings. The fourth-order valence-electron chi connectivity index (χ4n) is 3.14. The van der Waals surface area contributed by atoms with Gasteiger partial charge in [-0.2, -0.15) is 5.10 Å². The minimum Gasteiger partial charge on any atom is -0.351 e. The molecule has 3 aromatic heterocycles. The first-order valence-corrected chi connectivity index (χ1v) is 9.93. The lowest BCUT2D eigenvalue weighted by atomic mass is 10.1. The van der Waals surface area contributed by atoms with Crippen molar-refractivity contribution in [2.45, 2.75) is 32.9 Å². The lowest BCUT2D eigenvalue weighted by molar-refractivity contribution is -0.117. The number of ketones is 1. The zero-order chi connectivity index (χ0) is 22.1. The van der Waals surface area contributed by atoms with Crippen LogP contribution in [0.25, 0.3) is 11.4 Å². The summed E-state index contributed by atoms with van der Waals surface area (Å²) in [6.07, 6.45) is 4.28. The van der Waals surface area contributed by atoms with Gasteiger partial charge in [0.25, 0.3) is 0 Å². The molecule has 3 aromatic rings. The van der Waals surface area contributed by atoms with Crippen LogP contribution in [0.3, 0.4) is 0 Å². The quantitative estimate of drug-likeness (QED) is 0.561. The van der Waals surface area contributed by atoms with Gasteiger partial charge in [0.1, 0.15) is 29.7 Å². The van der Waals surface area contributed by atoms with Gasteiger partial charge in [-0.25, -0.2) is 14.4 Å². The summed E-state index contributed by atoms with van der Waals surface area (Å²) in [6.45, 7) is 3.69. The molecule has 2 atom stereocenters. The molecule has 0 aliphatic heterocycles. The van der Waals surface area contributed by atoms with E-state index in [1.165, 1.54) is 6.33 Å². The van der Waals surface area contributed by atoms with Gasteiger partial charge in [-0.3, -0.25) is 19.3 Å². The van der Waals surface area contributed by atoms with E-state index in [4.69, 9.17) is 0 Å². The second kappa shape index (κ2) is 8.21. The number of aromatic nitrogens is 5. The zero-order valence-corrected chi connectivity index (χ0v) is 17.4. The average Bonchev–Trinajstić information content (AvgIpc) is 3.38. The molecule has 0 saturated heterocycles. The summed E-state index contributed by atoms with van der Waals surface area (Å²) < 4.78 is 14.8. The normalized spacial score (nSPS) is 17.3. The van der Waals surface area contributed by atoms with Crippen molar-refractivity contribution in [3.63, 3.8) is 0 Å². The van der Waals surface area contributed by atoms with E-state index in [-0.39, 0.29) is 23.9 Å². The number of nitrogens with zero attached hydrogens (tertiary/aromatic N) is 5. The van der Waals surface area contributed by atoms with Crippen LogP contribution >= 0.6 is 0 Å². The largest absolute Gasteiger partial charge is 0.351 e. The number of pyridine rings is 1. The van der Waals surface area contributed by atoms with E-state index in [1.54, 1.807) is 43.2 Å². The predicted octanol–water partition coefficient (Wildman–Crippen LogP) is 3.21. The molecule has 1 fully saturated rings. The molecule has 0 bridgehead atoms. The number of nitrogens with one attached hydrogen (secondary N) is 2. The maximum Gasteiger partial charge on any atom is 0.231 e. The van der Waals surface area contributed by atoms with E-state index >= 15 is 0 Å². The fourth-order valence-corrected chi connectivity index (χ4v) is 3.14. The van der Waals surface area contributed by atoms with Crippen molar-refractivity contribution < 1.29 is 14.0 Å². The Morgan fingerprint density at radius 3 is 2.68 bits per heavy atom. The summed E-state index contributed by atoms with van der Waals surface area (Å²) in [5.74, 6) is -0.730. The van der Waals surface area contributed by atoms with Crippen molar-refractivity contribution >= 4 is 28.9 Å². The van der Waals surface area contributed by atoms with Crippen LogP contribution in [0, 0.1) is 12.8 Å². The highest BCUT2D eigenvalue weighted by Crippen LogP contribution is 2.35. The van der Waals surface area contributed by atoms with Crippen LogP contribution in [0.5, 0.6) is 0 Å². The van der Waals surface area contributed by atoms with E-state index in [0.29, 0.717) is 29.2 Å². The smallest absolute Gasteiger partial charge is 0.231 e. The van der Waals surface area contributed by atoms with Crippen LogP contribution in [0.15, 0.2) is 30.9 Å². The second-order valence-electron chi connectivity index (χ2n) is 7.49. The summed E-state index contributed by atoms with van der Waals surface area (Å²) in [4.78, 5) is 36.5. The Kier molecular flexibility index (Phi) is 5.45. The number of alkyl halides is 1. The molecule has 0 unspecified atom stereocenters. The second-order valence-corrected chi connectivity index (χ2v) is 7.49. The van der Waals surface area contributed by atoms with E-state index in [1.807, 2.05) is 6.92 Å². The molecule has 9 nitrogen and oxygen atoms in total. The Morgan fingerprint density at radius 2 is 2.00 bits per heavy atom. The maximum atomic E-state index is 13.1. The highest BCUT2D eigenvalue weighted by atomic mass is 19.1. The number of carbonyl (C=O) groups excluding carboxylic acids is 2. The van der Waals surface area contributed by atoms with E-state index < -0.39 is 12.1 Å². The van der Waals surface area contributed by atoms with Crippen LogP contribution < -0.4 is 10.6 Å². The fraction of sp³-hybridized carbons (Fsp3) is 0.333. The number of anilines is 3. The third-order valence-corrected chi connectivity index (χ3v) is 5.03. The molecule has 160 valence electrons. The molecule has 1 amide bonds. The average molecular weight is 423 g/mol. The molecular weight excluding hydrogens is 401 g/mol. The topological polar surface area (TPSA) is 115 Å². The van der Waals surface area contributed by atoms with Gasteiger partial charge in [0.2, 0.25) is 5.91 Å². The first kappa shape index (κ1) is 20.6. The summed E-state index contributed by atoms with van der Waals surface area (Å²) in [5, 5.41) is 10.4. The Balaban J connectivity index is 1.59. The molecule has 31 heavy (non-hydrogen) atoms. The molecule has 10 heteroatoms. The number of aryl methyl sites for hydroxylation is 2. The Hall–Kier alpha value is -3.69. The van der Waals surface area contributed by atoms with Crippen LogP contribution in [0.4, 0.5) is 21.6 Å². The van der Waals surface area contributed by atoms with Gasteiger partial charge in [0, 0.05) is 25.7 Å². The Morgan fingerprint density at radius 1 is 1.23 bits per heavy atom. The first-order chi connectivity index (χ1) is 14.9. The van der Waals surface area contributed by atoms with Crippen molar-refractivity contribution in [3.05, 3.63) is 42.1 Å². The number of halogens is 1. The highest BCUT2D eigenvalue weighted by molar-refractivity contribution is 5.95. The SMILES string of the molecule is CCC(=O)c1cc(C)c(Nc2cn(C)nc2-c2cc(NC(=O)[C@H]3C[C@H]3F)ncn2)cn1. The van der Waals surface area contributed by atoms with Crippen molar-refractivity contribution in [1.82, 2.24) is 24.7 Å². The van der Waals surface area contributed by atoms with Crippen molar-refractivity contribution in [3.8, 4) is 11.4 Å². The van der Waals surface area contributed by atoms with Crippen LogP contribution in [0.2, 0.25) is 0 Å². The van der Waals surface area contributed by atoms with Crippen LogP contribution in [-0.2, 0) is 11.8 Å². The van der Waals surface area contributed by atoms with Crippen molar-refractivity contribution in [2.75, 3.05) is 10.6 Å². The standard InChI is InChI=1S/C21H22FN7O2/c1-4-18(30)14-5-11(2)16(8-23-14)26-17-9-29(3)28-20(17)15-7-19(25-10-24-15)27-21(31)12-6-13(12)22/h5,7-10,12-13,26H,4,6H2,1-3H3,(H,24,25,27,31)/t12-,13+/m0/s1. The molecule has 1 saturated carbocycles. The molecule has 0 aromatic carbocycles. The summed E-state index contributed by atoms with van der Waals surface area (Å²) in [5.41, 5.74) is 3.73. The van der Waals surface area contributed by atoms with Gasteiger partial charge >= 0.3 is 0 Å². The van der Waals surface area contributed by atoms with Gasteiger partial charge in [-0.1, -0.05) is 6.92 Å². The maximum absolute atomic E-state index is 13.1. The van der Waals surface area contributed by atoms with Gasteiger partial charge in [0.15, 0.2) is 5.78 Å². The summed E-state index contributed by atoms with van der Waals surface area (Å²) >= 11 is 0. The minimum atomic E-state index is -1.08. The van der Waals surface area contributed by atoms with Crippen molar-refractivity contribution in [1.29, 1.82) is 0 Å². The molecular formula is C21H22FN7O2. The van der Waals surface area contributed by atoms with Gasteiger partial charge < -0.3 is 10.6 Å². The van der Waals surface area contributed by atoms with Gasteiger partial charge in [-0.15, -0.1) is 0 Å². The number of Topliss-reactive ketones (excluding diaryl/α,β-unsaturated/α-hetero) is 1. The molecule has 4 rings (SSSR count). The van der Waals surface area contributed by atoms with E-state index in [2.05, 4.69) is 30.7 Å². The molecule has 3 heterocycles. The number of hydrogen-bond donors (Lipinski definition) is 2. The van der Waals surface area contributed by atoms with Crippen LogP contribution in [0.1, 0.15) is 35.8 Å². The van der Waals surface area contributed by atoms with Crippen molar-refractivity contribution in [2.24, 2.45) is 13.0 Å². The lowest BCUT2D eigenvalue weighted by Gasteiger charge is -2.10. The molecule has 0 spiro atoms. The third kappa shape index (κ3) is 4.42. The molecule has 0 radical (unpaired) electrons. The van der Waals surface area contributed by atoms with Gasteiger partial charge in [-0.05, 0) is 25.0 Å². The number of hydrogen-bond acceptors (Lipinski definition) is 7. The zero-order valence-electron chi connectivity index (χ0n) is 17.4.